The summed E-state index contributed by atoms with van der Waals surface area (Å²) in [6, 6.07) is 15.3. The molecule has 156 valence electrons. The predicted octanol–water partition coefficient (Wildman–Crippen LogP) is 7.80. The topological polar surface area (TPSA) is 33.6 Å². The summed E-state index contributed by atoms with van der Waals surface area (Å²) in [7, 11) is 0. The van der Waals surface area contributed by atoms with E-state index >= 15 is 0 Å². The van der Waals surface area contributed by atoms with E-state index in [0.29, 0.717) is 21.4 Å². The molecular formula is C21H14BrCl2F3N2O. The van der Waals surface area contributed by atoms with Gasteiger partial charge in [-0.2, -0.15) is 18.3 Å². The number of anilines is 1. The third-order valence-electron chi connectivity index (χ3n) is 3.94. The van der Waals surface area contributed by atoms with Crippen LogP contribution in [-0.4, -0.2) is 6.21 Å². The molecule has 9 heteroatoms. The molecule has 0 aromatic heterocycles. The highest BCUT2D eigenvalue weighted by atomic mass is 79.9. The van der Waals surface area contributed by atoms with Gasteiger partial charge in [-0.15, -0.1) is 0 Å². The number of hydrogen-bond acceptors (Lipinski definition) is 3. The molecule has 0 aliphatic carbocycles. The molecule has 0 spiro atoms. The Morgan fingerprint density at radius 1 is 1.00 bits per heavy atom. The number of ether oxygens (including phenoxy) is 1. The molecule has 3 aromatic carbocycles. The molecule has 3 nitrogen and oxygen atoms in total. The van der Waals surface area contributed by atoms with Crippen molar-refractivity contribution in [3.05, 3.63) is 91.9 Å². The van der Waals surface area contributed by atoms with E-state index in [1.54, 1.807) is 30.3 Å². The first-order chi connectivity index (χ1) is 14.2. The molecule has 0 saturated carbocycles. The van der Waals surface area contributed by atoms with Crippen molar-refractivity contribution in [3.63, 3.8) is 0 Å². The number of nitrogens with zero attached hydrogens (tertiary/aromatic N) is 1. The van der Waals surface area contributed by atoms with E-state index in [9.17, 15) is 13.2 Å². The fourth-order valence-corrected chi connectivity index (χ4v) is 3.18. The highest BCUT2D eigenvalue weighted by molar-refractivity contribution is 9.10. The number of alkyl halides is 3. The SMILES string of the molecule is FC(F)(F)c1cccc(NN=Cc2cc(Br)ccc2OCc2ccc(Cl)c(Cl)c2)c1. The summed E-state index contributed by atoms with van der Waals surface area (Å²) in [4.78, 5) is 0. The van der Waals surface area contributed by atoms with Gasteiger partial charge in [0.2, 0.25) is 0 Å². The number of benzene rings is 3. The molecule has 0 aliphatic heterocycles. The molecule has 0 unspecified atom stereocenters. The number of halogens is 6. The fraction of sp³-hybridized carbons (Fsp3) is 0.0952. The molecule has 0 heterocycles. The van der Waals surface area contributed by atoms with E-state index in [2.05, 4.69) is 26.5 Å². The van der Waals surface area contributed by atoms with Crippen LogP contribution in [0.3, 0.4) is 0 Å². The van der Waals surface area contributed by atoms with E-state index in [1.807, 2.05) is 6.07 Å². The summed E-state index contributed by atoms with van der Waals surface area (Å²) in [5.41, 5.74) is 3.53. The zero-order valence-electron chi connectivity index (χ0n) is 15.2. The van der Waals surface area contributed by atoms with Gasteiger partial charge in [0.05, 0.1) is 27.5 Å². The third kappa shape index (κ3) is 6.14. The van der Waals surface area contributed by atoms with Gasteiger partial charge < -0.3 is 4.74 Å². The first-order valence-electron chi connectivity index (χ1n) is 8.55. The quantitative estimate of drug-likeness (QED) is 0.267. The van der Waals surface area contributed by atoms with E-state index in [0.717, 1.165) is 22.2 Å². The van der Waals surface area contributed by atoms with Crippen LogP contribution in [0.15, 0.2) is 70.2 Å². The normalized spacial score (nSPS) is 11.7. The van der Waals surface area contributed by atoms with Crippen LogP contribution in [0.5, 0.6) is 5.75 Å². The molecule has 0 fully saturated rings. The predicted molar refractivity (Wildman–Crippen MR) is 118 cm³/mol. The molecule has 0 amide bonds. The van der Waals surface area contributed by atoms with Crippen LogP contribution >= 0.6 is 39.1 Å². The lowest BCUT2D eigenvalue weighted by Crippen LogP contribution is -2.05. The molecule has 1 N–H and O–H groups in total. The first-order valence-corrected chi connectivity index (χ1v) is 10.1. The molecular weight excluding hydrogens is 504 g/mol. The molecule has 3 rings (SSSR count). The Morgan fingerprint density at radius 2 is 1.80 bits per heavy atom. The summed E-state index contributed by atoms with van der Waals surface area (Å²) < 4.78 is 45.1. The Labute approximate surface area is 189 Å². The standard InChI is InChI=1S/C21H14BrCl2F3N2O/c22-16-5-7-20(30-12-13-4-6-18(23)19(24)8-13)14(9-16)11-28-29-17-3-1-2-15(10-17)21(25,26)27/h1-11,29H,12H2. The zero-order valence-corrected chi connectivity index (χ0v) is 18.3. The van der Waals surface area contributed by atoms with Crippen molar-refractivity contribution >= 4 is 51.0 Å². The van der Waals surface area contributed by atoms with Crippen molar-refractivity contribution in [3.8, 4) is 5.75 Å². The van der Waals surface area contributed by atoms with Crippen molar-refractivity contribution in [2.24, 2.45) is 5.10 Å². The van der Waals surface area contributed by atoms with Gasteiger partial charge in [-0.25, -0.2) is 0 Å². The van der Waals surface area contributed by atoms with Crippen LogP contribution < -0.4 is 10.2 Å². The lowest BCUT2D eigenvalue weighted by Gasteiger charge is -2.11. The van der Waals surface area contributed by atoms with Gasteiger partial charge in [-0.1, -0.05) is 51.3 Å². The Balaban J connectivity index is 1.73. The second-order valence-corrected chi connectivity index (χ2v) is 7.90. The van der Waals surface area contributed by atoms with Crippen molar-refractivity contribution in [2.75, 3.05) is 5.43 Å². The van der Waals surface area contributed by atoms with E-state index < -0.39 is 11.7 Å². The van der Waals surface area contributed by atoms with E-state index in [-0.39, 0.29) is 12.3 Å². The van der Waals surface area contributed by atoms with E-state index in [4.69, 9.17) is 27.9 Å². The van der Waals surface area contributed by atoms with Crippen LogP contribution in [0.4, 0.5) is 18.9 Å². The number of rotatable bonds is 6. The van der Waals surface area contributed by atoms with Crippen LogP contribution in [0.25, 0.3) is 0 Å². The maximum atomic E-state index is 12.8. The average Bonchev–Trinajstić information content (AvgIpc) is 2.69. The number of nitrogens with one attached hydrogen (secondary N) is 1. The Hall–Kier alpha value is -2.22. The summed E-state index contributed by atoms with van der Waals surface area (Å²) in [5, 5.41) is 4.92. The van der Waals surface area contributed by atoms with Gasteiger partial charge in [0.1, 0.15) is 12.4 Å². The molecule has 0 aliphatic rings. The van der Waals surface area contributed by atoms with Crippen LogP contribution in [0.2, 0.25) is 10.0 Å². The third-order valence-corrected chi connectivity index (χ3v) is 5.17. The van der Waals surface area contributed by atoms with Crippen LogP contribution in [0.1, 0.15) is 16.7 Å². The highest BCUT2D eigenvalue weighted by Gasteiger charge is 2.30. The van der Waals surface area contributed by atoms with Gasteiger partial charge in [-0.05, 0) is 54.1 Å². The maximum absolute atomic E-state index is 12.8. The minimum absolute atomic E-state index is 0.217. The van der Waals surface area contributed by atoms with Crippen molar-refractivity contribution in [1.29, 1.82) is 0 Å². The number of hydrogen-bond donors (Lipinski definition) is 1. The molecule has 0 atom stereocenters. The Morgan fingerprint density at radius 3 is 2.53 bits per heavy atom. The lowest BCUT2D eigenvalue weighted by molar-refractivity contribution is -0.137. The summed E-state index contributed by atoms with van der Waals surface area (Å²) in [6.45, 7) is 0.250. The second kappa shape index (κ2) is 9.73. The smallest absolute Gasteiger partial charge is 0.416 e. The summed E-state index contributed by atoms with van der Waals surface area (Å²) in [6.07, 6.45) is -2.95. The Bertz CT molecular complexity index is 1070. The monoisotopic (exact) mass is 516 g/mol. The number of hydrazone groups is 1. The van der Waals surface area contributed by atoms with Gasteiger partial charge in [0, 0.05) is 10.0 Å². The highest BCUT2D eigenvalue weighted by Crippen LogP contribution is 2.31. The second-order valence-electron chi connectivity index (χ2n) is 6.17. The minimum Gasteiger partial charge on any atom is -0.488 e. The first kappa shape index (κ1) is 22.5. The molecule has 0 saturated heterocycles. The summed E-state index contributed by atoms with van der Waals surface area (Å²) in [5.74, 6) is 0.541. The Kier molecular flexibility index (Phi) is 7.28. The van der Waals surface area contributed by atoms with E-state index in [1.165, 1.54) is 18.3 Å². The van der Waals surface area contributed by atoms with Gasteiger partial charge in [0.25, 0.3) is 0 Å². The van der Waals surface area contributed by atoms with Gasteiger partial charge in [-0.3, -0.25) is 5.43 Å². The summed E-state index contributed by atoms with van der Waals surface area (Å²) >= 11 is 15.3. The maximum Gasteiger partial charge on any atom is 0.416 e. The average molecular weight is 518 g/mol. The molecule has 0 bridgehead atoms. The zero-order chi connectivity index (χ0) is 21.7. The fourth-order valence-electron chi connectivity index (χ4n) is 2.48. The van der Waals surface area contributed by atoms with Crippen molar-refractivity contribution in [2.45, 2.75) is 12.8 Å². The van der Waals surface area contributed by atoms with Crippen molar-refractivity contribution in [1.82, 2.24) is 0 Å². The van der Waals surface area contributed by atoms with Crippen molar-refractivity contribution < 1.29 is 17.9 Å². The molecule has 30 heavy (non-hydrogen) atoms. The van der Waals surface area contributed by atoms with Gasteiger partial charge >= 0.3 is 6.18 Å². The molecule has 0 radical (unpaired) electrons. The van der Waals surface area contributed by atoms with Crippen LogP contribution in [-0.2, 0) is 12.8 Å². The van der Waals surface area contributed by atoms with Gasteiger partial charge in [0.15, 0.2) is 0 Å². The minimum atomic E-state index is -4.42. The lowest BCUT2D eigenvalue weighted by atomic mass is 10.2. The van der Waals surface area contributed by atoms with Crippen LogP contribution in [0, 0.1) is 0 Å². The molecule has 3 aromatic rings. The largest absolute Gasteiger partial charge is 0.488 e.